The highest BCUT2D eigenvalue weighted by molar-refractivity contribution is 6.32. The first-order chi connectivity index (χ1) is 9.45. The summed E-state index contributed by atoms with van der Waals surface area (Å²) in [5.74, 6) is -1.33. The molecule has 0 aliphatic heterocycles. The molecule has 0 saturated carbocycles. The molecule has 0 aliphatic carbocycles. The normalized spacial score (nSPS) is 11.8. The van der Waals surface area contributed by atoms with Crippen LogP contribution in [0.15, 0.2) is 18.2 Å². The number of hydrogen-bond donors (Lipinski definition) is 2. The number of aliphatic carboxylic acids is 1. The first kappa shape index (κ1) is 16.3. The van der Waals surface area contributed by atoms with Crippen molar-refractivity contribution in [2.75, 3.05) is 13.2 Å². The van der Waals surface area contributed by atoms with Gasteiger partial charge in [0.25, 0.3) is 0 Å². The fraction of sp³-hybridized carbons (Fsp3) is 0.429. The molecule has 20 heavy (non-hydrogen) atoms. The molecular weight excluding hydrogens is 282 g/mol. The van der Waals surface area contributed by atoms with Crippen LogP contribution in [0.4, 0.5) is 0 Å². The first-order valence-electron chi connectivity index (χ1n) is 6.35. The molecule has 1 amide bonds. The molecule has 0 fully saturated rings. The molecule has 0 radical (unpaired) electrons. The lowest BCUT2D eigenvalue weighted by Crippen LogP contribution is -2.32. The van der Waals surface area contributed by atoms with E-state index in [1.165, 1.54) is 6.92 Å². The van der Waals surface area contributed by atoms with E-state index in [4.69, 9.17) is 21.4 Å². The van der Waals surface area contributed by atoms with E-state index in [2.05, 4.69) is 5.32 Å². The Hall–Kier alpha value is -1.75. The van der Waals surface area contributed by atoms with Gasteiger partial charge in [-0.25, -0.2) is 0 Å². The van der Waals surface area contributed by atoms with Crippen LogP contribution in [0.1, 0.15) is 19.4 Å². The number of hydrogen-bond acceptors (Lipinski definition) is 3. The third-order valence-corrected chi connectivity index (χ3v) is 3.01. The van der Waals surface area contributed by atoms with Crippen LogP contribution in [-0.4, -0.2) is 30.1 Å². The summed E-state index contributed by atoms with van der Waals surface area (Å²) in [5.41, 5.74) is 0.680. The molecule has 1 aromatic rings. The van der Waals surface area contributed by atoms with Crippen molar-refractivity contribution in [3.8, 4) is 5.75 Å². The first-order valence-corrected chi connectivity index (χ1v) is 6.73. The number of carboxylic acid groups (broad SMARTS) is 1. The van der Waals surface area contributed by atoms with Gasteiger partial charge in [0.2, 0.25) is 5.91 Å². The average molecular weight is 300 g/mol. The van der Waals surface area contributed by atoms with Crippen LogP contribution in [0.2, 0.25) is 5.02 Å². The number of nitrogens with one attached hydrogen (secondary N) is 1. The van der Waals surface area contributed by atoms with Gasteiger partial charge in [-0.05, 0) is 13.0 Å². The zero-order chi connectivity index (χ0) is 15.1. The van der Waals surface area contributed by atoms with Crippen molar-refractivity contribution in [2.45, 2.75) is 20.3 Å². The van der Waals surface area contributed by atoms with E-state index >= 15 is 0 Å². The van der Waals surface area contributed by atoms with Gasteiger partial charge in [-0.3, -0.25) is 9.59 Å². The number of carbonyl (C=O) groups excluding carboxylic acids is 1. The van der Waals surface area contributed by atoms with Crippen LogP contribution in [0.5, 0.6) is 5.75 Å². The molecule has 1 unspecified atom stereocenters. The maximum absolute atomic E-state index is 11.8. The quantitative estimate of drug-likeness (QED) is 0.808. The lowest BCUT2D eigenvalue weighted by atomic mass is 10.1. The lowest BCUT2D eigenvalue weighted by molar-refractivity contribution is -0.141. The predicted octanol–water partition coefficient (Wildman–Crippen LogP) is 2.12. The van der Waals surface area contributed by atoms with E-state index in [-0.39, 0.29) is 18.9 Å². The van der Waals surface area contributed by atoms with Gasteiger partial charge < -0.3 is 15.2 Å². The SMILES string of the molecule is CCOc1c(Cl)cccc1CC(=O)NCC(C)C(=O)O. The molecule has 2 N–H and O–H groups in total. The molecule has 0 aliphatic rings. The van der Waals surface area contributed by atoms with Crippen molar-refractivity contribution >= 4 is 23.5 Å². The number of para-hydroxylation sites is 1. The summed E-state index contributed by atoms with van der Waals surface area (Å²) in [6.45, 7) is 3.92. The Labute approximate surface area is 122 Å². The summed E-state index contributed by atoms with van der Waals surface area (Å²) in [7, 11) is 0. The molecule has 0 aromatic heterocycles. The lowest BCUT2D eigenvalue weighted by Gasteiger charge is -2.12. The standard InChI is InChI=1S/C14H18ClNO4/c1-3-20-13-10(5-4-6-11(13)15)7-12(17)16-8-9(2)14(18)19/h4-6,9H,3,7-8H2,1-2H3,(H,16,17)(H,18,19). The van der Waals surface area contributed by atoms with E-state index < -0.39 is 11.9 Å². The highest BCUT2D eigenvalue weighted by atomic mass is 35.5. The topological polar surface area (TPSA) is 75.6 Å². The van der Waals surface area contributed by atoms with Crippen molar-refractivity contribution in [1.82, 2.24) is 5.32 Å². The van der Waals surface area contributed by atoms with Crippen LogP contribution in [-0.2, 0) is 16.0 Å². The van der Waals surface area contributed by atoms with Gasteiger partial charge in [0.05, 0.1) is 24.0 Å². The van der Waals surface area contributed by atoms with Crippen LogP contribution in [0.3, 0.4) is 0 Å². The second-order valence-corrected chi connectivity index (χ2v) is 4.79. The van der Waals surface area contributed by atoms with Gasteiger partial charge in [0.1, 0.15) is 5.75 Å². The van der Waals surface area contributed by atoms with Gasteiger partial charge in [-0.1, -0.05) is 30.7 Å². The molecule has 5 nitrogen and oxygen atoms in total. The minimum absolute atomic E-state index is 0.0959. The molecule has 6 heteroatoms. The number of halogens is 1. The van der Waals surface area contributed by atoms with Crippen LogP contribution >= 0.6 is 11.6 Å². The van der Waals surface area contributed by atoms with E-state index in [9.17, 15) is 9.59 Å². The second-order valence-electron chi connectivity index (χ2n) is 4.38. The molecule has 1 aromatic carbocycles. The Bertz CT molecular complexity index is 490. The van der Waals surface area contributed by atoms with Gasteiger partial charge >= 0.3 is 5.97 Å². The zero-order valence-corrected chi connectivity index (χ0v) is 12.2. The maximum Gasteiger partial charge on any atom is 0.308 e. The van der Waals surface area contributed by atoms with E-state index in [0.29, 0.717) is 22.9 Å². The van der Waals surface area contributed by atoms with Crippen molar-refractivity contribution in [2.24, 2.45) is 5.92 Å². The van der Waals surface area contributed by atoms with E-state index in [1.807, 2.05) is 6.92 Å². The second kappa shape index (κ2) is 7.75. The molecule has 0 spiro atoms. The summed E-state index contributed by atoms with van der Waals surface area (Å²) in [5, 5.41) is 11.8. The monoisotopic (exact) mass is 299 g/mol. The molecule has 0 heterocycles. The Balaban J connectivity index is 2.66. The van der Waals surface area contributed by atoms with Gasteiger partial charge in [-0.15, -0.1) is 0 Å². The Morgan fingerprint density at radius 2 is 2.15 bits per heavy atom. The molecule has 110 valence electrons. The summed E-state index contributed by atoms with van der Waals surface area (Å²) in [6, 6.07) is 5.20. The Kier molecular flexibility index (Phi) is 6.31. The third-order valence-electron chi connectivity index (χ3n) is 2.72. The zero-order valence-electron chi connectivity index (χ0n) is 11.5. The van der Waals surface area contributed by atoms with E-state index in [0.717, 1.165) is 0 Å². The number of carboxylic acids is 1. The van der Waals surface area contributed by atoms with Crippen LogP contribution in [0, 0.1) is 5.92 Å². The van der Waals surface area contributed by atoms with Gasteiger partial charge in [0.15, 0.2) is 0 Å². The largest absolute Gasteiger partial charge is 0.492 e. The molecule has 0 saturated heterocycles. The number of carbonyl (C=O) groups is 2. The molecule has 1 atom stereocenters. The Morgan fingerprint density at radius 3 is 2.75 bits per heavy atom. The molecule has 1 rings (SSSR count). The summed E-state index contributed by atoms with van der Waals surface area (Å²) in [4.78, 5) is 22.5. The number of ether oxygens (including phenoxy) is 1. The summed E-state index contributed by atoms with van der Waals surface area (Å²) in [6.07, 6.45) is 0.0994. The average Bonchev–Trinajstić information content (AvgIpc) is 2.40. The fourth-order valence-corrected chi connectivity index (χ4v) is 1.84. The molecular formula is C14H18ClNO4. The minimum Gasteiger partial charge on any atom is -0.492 e. The van der Waals surface area contributed by atoms with E-state index in [1.54, 1.807) is 18.2 Å². The fourth-order valence-electron chi connectivity index (χ4n) is 1.59. The number of benzene rings is 1. The number of amides is 1. The van der Waals surface area contributed by atoms with Crippen molar-refractivity contribution in [3.05, 3.63) is 28.8 Å². The predicted molar refractivity (Wildman–Crippen MR) is 76.1 cm³/mol. The highest BCUT2D eigenvalue weighted by Gasteiger charge is 2.15. The maximum atomic E-state index is 11.8. The smallest absolute Gasteiger partial charge is 0.308 e. The van der Waals surface area contributed by atoms with Gasteiger partial charge in [-0.2, -0.15) is 0 Å². The highest BCUT2D eigenvalue weighted by Crippen LogP contribution is 2.28. The minimum atomic E-state index is -0.942. The van der Waals surface area contributed by atoms with Gasteiger partial charge in [0, 0.05) is 12.1 Å². The van der Waals surface area contributed by atoms with Crippen molar-refractivity contribution in [3.63, 3.8) is 0 Å². The molecule has 0 bridgehead atoms. The number of rotatable bonds is 7. The van der Waals surface area contributed by atoms with Crippen LogP contribution < -0.4 is 10.1 Å². The van der Waals surface area contributed by atoms with Crippen molar-refractivity contribution in [1.29, 1.82) is 0 Å². The van der Waals surface area contributed by atoms with Crippen LogP contribution in [0.25, 0.3) is 0 Å². The van der Waals surface area contributed by atoms with Crippen molar-refractivity contribution < 1.29 is 19.4 Å². The summed E-state index contributed by atoms with van der Waals surface area (Å²) < 4.78 is 5.43. The third kappa shape index (κ3) is 4.74. The Morgan fingerprint density at radius 1 is 1.45 bits per heavy atom. The summed E-state index contributed by atoms with van der Waals surface area (Å²) >= 11 is 6.03.